The second-order valence-corrected chi connectivity index (χ2v) is 4.22. The van der Waals surface area contributed by atoms with Crippen LogP contribution < -0.4 is 5.73 Å². The summed E-state index contributed by atoms with van der Waals surface area (Å²) in [5.41, 5.74) is 6.75. The molecule has 1 aliphatic rings. The average Bonchev–Trinajstić information content (AvgIpc) is 2.84. The van der Waals surface area contributed by atoms with Crippen LogP contribution in [0.4, 0.5) is 0 Å². The maximum Gasteiger partial charge on any atom is 0.0951 e. The van der Waals surface area contributed by atoms with Crippen molar-refractivity contribution >= 4 is 0 Å². The summed E-state index contributed by atoms with van der Waals surface area (Å²) in [6, 6.07) is 0.128. The number of rotatable bonds is 3. The number of aliphatic hydroxyl groups is 1. The van der Waals surface area contributed by atoms with E-state index in [-0.39, 0.29) is 12.6 Å². The van der Waals surface area contributed by atoms with Gasteiger partial charge in [0.05, 0.1) is 24.7 Å². The van der Waals surface area contributed by atoms with Crippen molar-refractivity contribution in [3.05, 3.63) is 18.2 Å². The van der Waals surface area contributed by atoms with Crippen molar-refractivity contribution in [3.8, 4) is 0 Å². The minimum atomic E-state index is -0.321. The molecule has 1 aliphatic heterocycles. The number of nitrogens with two attached hydrogens (primary N) is 1. The lowest BCUT2D eigenvalue weighted by molar-refractivity contribution is 0.261. The second-order valence-electron chi connectivity index (χ2n) is 4.22. The van der Waals surface area contributed by atoms with Crippen LogP contribution >= 0.6 is 0 Å². The standard InChI is InChI=1S/C10H18N4O/c1-13-3-2-8(5-13)14-7-12-4-10(14)9(11)6-15/h4,7-9,15H,2-3,5-6,11H2,1H3. The van der Waals surface area contributed by atoms with Gasteiger partial charge in [-0.15, -0.1) is 0 Å². The lowest BCUT2D eigenvalue weighted by Gasteiger charge is -2.18. The van der Waals surface area contributed by atoms with E-state index >= 15 is 0 Å². The van der Waals surface area contributed by atoms with E-state index in [9.17, 15) is 0 Å². The molecule has 84 valence electrons. The Kier molecular flexibility index (Phi) is 3.04. The summed E-state index contributed by atoms with van der Waals surface area (Å²) in [5.74, 6) is 0. The predicted molar refractivity (Wildman–Crippen MR) is 57.4 cm³/mol. The Hall–Kier alpha value is -0.910. The second kappa shape index (κ2) is 4.30. The monoisotopic (exact) mass is 210 g/mol. The van der Waals surface area contributed by atoms with Crippen molar-refractivity contribution in [2.75, 3.05) is 26.7 Å². The van der Waals surface area contributed by atoms with Crippen LogP contribution in [0.3, 0.4) is 0 Å². The van der Waals surface area contributed by atoms with Crippen LogP contribution in [0.2, 0.25) is 0 Å². The van der Waals surface area contributed by atoms with Gasteiger partial charge in [0.2, 0.25) is 0 Å². The fourth-order valence-corrected chi connectivity index (χ4v) is 2.14. The first kappa shape index (κ1) is 10.6. The van der Waals surface area contributed by atoms with Crippen LogP contribution in [0.1, 0.15) is 24.2 Å². The molecule has 5 heteroatoms. The zero-order valence-electron chi connectivity index (χ0n) is 9.00. The normalized spacial score (nSPS) is 24.6. The fourth-order valence-electron chi connectivity index (χ4n) is 2.14. The van der Waals surface area contributed by atoms with Crippen molar-refractivity contribution in [1.29, 1.82) is 0 Å². The van der Waals surface area contributed by atoms with E-state index in [0.717, 1.165) is 25.2 Å². The number of hydrogen-bond acceptors (Lipinski definition) is 4. The molecule has 1 fully saturated rings. The molecule has 2 rings (SSSR count). The molecule has 0 saturated carbocycles. The Balaban J connectivity index is 2.17. The highest BCUT2D eigenvalue weighted by Gasteiger charge is 2.23. The van der Waals surface area contributed by atoms with Crippen LogP contribution in [-0.2, 0) is 0 Å². The number of aliphatic hydroxyl groups excluding tert-OH is 1. The average molecular weight is 210 g/mol. The van der Waals surface area contributed by atoms with Gasteiger partial charge in [0.15, 0.2) is 0 Å². The van der Waals surface area contributed by atoms with Gasteiger partial charge in [-0.2, -0.15) is 0 Å². The molecule has 0 spiro atoms. The van der Waals surface area contributed by atoms with Gasteiger partial charge in [0.25, 0.3) is 0 Å². The molecule has 3 N–H and O–H groups in total. The van der Waals surface area contributed by atoms with Crippen LogP contribution in [0, 0.1) is 0 Å². The molecule has 15 heavy (non-hydrogen) atoms. The summed E-state index contributed by atoms with van der Waals surface area (Å²) in [4.78, 5) is 6.40. The van der Waals surface area contributed by atoms with Gasteiger partial charge in [-0.25, -0.2) is 4.98 Å². The predicted octanol–water partition coefficient (Wildman–Crippen LogP) is -0.248. The maximum atomic E-state index is 9.05. The molecule has 5 nitrogen and oxygen atoms in total. The lowest BCUT2D eigenvalue weighted by atomic mass is 10.2. The molecule has 2 unspecified atom stereocenters. The van der Waals surface area contributed by atoms with E-state index in [1.807, 2.05) is 6.33 Å². The molecule has 2 atom stereocenters. The highest BCUT2D eigenvalue weighted by Crippen LogP contribution is 2.23. The van der Waals surface area contributed by atoms with Crippen molar-refractivity contribution in [2.45, 2.75) is 18.5 Å². The zero-order valence-corrected chi connectivity index (χ0v) is 9.00. The van der Waals surface area contributed by atoms with Crippen LogP contribution in [0.15, 0.2) is 12.5 Å². The zero-order chi connectivity index (χ0) is 10.8. The smallest absolute Gasteiger partial charge is 0.0951 e. The summed E-state index contributed by atoms with van der Waals surface area (Å²) >= 11 is 0. The number of likely N-dealkylation sites (tertiary alicyclic amines) is 1. The quantitative estimate of drug-likeness (QED) is 0.722. The van der Waals surface area contributed by atoms with Crippen molar-refractivity contribution in [1.82, 2.24) is 14.5 Å². The van der Waals surface area contributed by atoms with Crippen molar-refractivity contribution in [3.63, 3.8) is 0 Å². The molecular weight excluding hydrogens is 192 g/mol. The minimum Gasteiger partial charge on any atom is -0.394 e. The maximum absolute atomic E-state index is 9.05. The number of imidazole rings is 1. The Morgan fingerprint density at radius 3 is 3.13 bits per heavy atom. The molecule has 2 heterocycles. The fraction of sp³-hybridized carbons (Fsp3) is 0.700. The lowest BCUT2D eigenvalue weighted by Crippen LogP contribution is -2.22. The van der Waals surface area contributed by atoms with E-state index < -0.39 is 0 Å². The molecule has 1 saturated heterocycles. The van der Waals surface area contributed by atoms with Gasteiger partial charge < -0.3 is 20.3 Å². The molecule has 0 amide bonds. The third kappa shape index (κ3) is 2.04. The Bertz CT molecular complexity index is 325. The third-order valence-electron chi connectivity index (χ3n) is 3.03. The van der Waals surface area contributed by atoms with Gasteiger partial charge in [-0.05, 0) is 20.0 Å². The van der Waals surface area contributed by atoms with Crippen molar-refractivity contribution in [2.24, 2.45) is 5.73 Å². The number of hydrogen-bond donors (Lipinski definition) is 2. The van der Waals surface area contributed by atoms with Gasteiger partial charge in [0.1, 0.15) is 0 Å². The molecule has 1 aromatic heterocycles. The molecule has 0 aromatic carbocycles. The van der Waals surface area contributed by atoms with E-state index in [2.05, 4.69) is 21.5 Å². The van der Waals surface area contributed by atoms with Crippen LogP contribution in [-0.4, -0.2) is 46.3 Å². The number of nitrogens with zero attached hydrogens (tertiary/aromatic N) is 3. The first-order chi connectivity index (χ1) is 7.22. The van der Waals surface area contributed by atoms with Gasteiger partial charge in [0, 0.05) is 18.8 Å². The Morgan fingerprint density at radius 1 is 1.73 bits per heavy atom. The van der Waals surface area contributed by atoms with Gasteiger partial charge in [-0.1, -0.05) is 0 Å². The van der Waals surface area contributed by atoms with E-state index in [4.69, 9.17) is 10.8 Å². The molecule has 0 bridgehead atoms. The van der Waals surface area contributed by atoms with Gasteiger partial charge in [-0.3, -0.25) is 0 Å². The van der Waals surface area contributed by atoms with Gasteiger partial charge >= 0.3 is 0 Å². The molecule has 0 radical (unpaired) electrons. The third-order valence-corrected chi connectivity index (χ3v) is 3.03. The van der Waals surface area contributed by atoms with E-state index in [1.54, 1.807) is 6.20 Å². The molecule has 1 aromatic rings. The SMILES string of the molecule is CN1CCC(n2cncc2C(N)CO)C1. The first-order valence-corrected chi connectivity index (χ1v) is 5.29. The Morgan fingerprint density at radius 2 is 2.53 bits per heavy atom. The van der Waals surface area contributed by atoms with Crippen molar-refractivity contribution < 1.29 is 5.11 Å². The summed E-state index contributed by atoms with van der Waals surface area (Å²) in [6.07, 6.45) is 4.69. The summed E-state index contributed by atoms with van der Waals surface area (Å²) in [7, 11) is 2.11. The topological polar surface area (TPSA) is 67.3 Å². The molecule has 0 aliphatic carbocycles. The summed E-state index contributed by atoms with van der Waals surface area (Å²) in [5, 5.41) is 9.05. The van der Waals surface area contributed by atoms with E-state index in [1.165, 1.54) is 0 Å². The van der Waals surface area contributed by atoms with Crippen LogP contribution in [0.25, 0.3) is 0 Å². The minimum absolute atomic E-state index is 0.0335. The summed E-state index contributed by atoms with van der Waals surface area (Å²) in [6.45, 7) is 2.10. The molecular formula is C10H18N4O. The highest BCUT2D eigenvalue weighted by atomic mass is 16.3. The highest BCUT2D eigenvalue weighted by molar-refractivity contribution is 5.07. The largest absolute Gasteiger partial charge is 0.394 e. The first-order valence-electron chi connectivity index (χ1n) is 5.29. The van der Waals surface area contributed by atoms with Crippen LogP contribution in [0.5, 0.6) is 0 Å². The number of likely N-dealkylation sites (N-methyl/N-ethyl adjacent to an activating group) is 1. The van der Waals surface area contributed by atoms with E-state index in [0.29, 0.717) is 6.04 Å². The number of aromatic nitrogens is 2. The Labute approximate surface area is 89.5 Å². The summed E-state index contributed by atoms with van der Waals surface area (Å²) < 4.78 is 2.10.